The molecule has 296 valence electrons. The van der Waals surface area contributed by atoms with Gasteiger partial charge in [0.15, 0.2) is 5.82 Å². The molecule has 2 fully saturated rings. The van der Waals surface area contributed by atoms with Gasteiger partial charge in [-0.2, -0.15) is 10.2 Å². The molecular formula is C40H55N9O6. The molecule has 2 aliphatic rings. The number of benzene rings is 1. The number of piperidine rings is 1. The Morgan fingerprint density at radius 1 is 0.982 bits per heavy atom. The average Bonchev–Trinajstić information content (AvgIpc) is 3.91. The minimum atomic E-state index is -0.691. The molecular weight excluding hydrogens is 702 g/mol. The number of nitrogens with zero attached hydrogens (tertiary/aromatic N) is 6. The van der Waals surface area contributed by atoms with Crippen molar-refractivity contribution >= 4 is 40.7 Å². The number of ether oxygens (including phenoxy) is 1. The molecule has 3 aromatic heterocycles. The molecule has 1 saturated carbocycles. The molecule has 0 radical (unpaired) electrons. The molecule has 1 aliphatic heterocycles. The summed E-state index contributed by atoms with van der Waals surface area (Å²) in [6.07, 6.45) is 10.9. The number of nitrogens with one attached hydrogen (secondary N) is 3. The van der Waals surface area contributed by atoms with Crippen LogP contribution < -0.4 is 21.6 Å². The third-order valence-electron chi connectivity index (χ3n) is 10.3. The summed E-state index contributed by atoms with van der Waals surface area (Å²) in [6, 6.07) is 8.77. The molecule has 6 rings (SSSR count). The number of anilines is 1. The zero-order valence-electron chi connectivity index (χ0n) is 32.7. The Balaban J connectivity index is 0.941. The normalized spacial score (nSPS) is 18.9. The van der Waals surface area contributed by atoms with Crippen LogP contribution >= 0.6 is 0 Å². The quantitative estimate of drug-likeness (QED) is 0.105. The number of unbranched alkanes of at least 4 members (excludes halogenated alkanes) is 4. The summed E-state index contributed by atoms with van der Waals surface area (Å²) in [7, 11) is 0. The third kappa shape index (κ3) is 9.73. The first kappa shape index (κ1) is 39.5. The van der Waals surface area contributed by atoms with Crippen LogP contribution in [0.25, 0.3) is 11.0 Å². The summed E-state index contributed by atoms with van der Waals surface area (Å²) in [5, 5.41) is 17.4. The Kier molecular flexibility index (Phi) is 12.3. The van der Waals surface area contributed by atoms with Crippen LogP contribution in [0.15, 0.2) is 47.5 Å². The minimum absolute atomic E-state index is 0.0145. The average molecular weight is 758 g/mol. The number of fused-ring (bicyclic) bond motifs is 1. The van der Waals surface area contributed by atoms with Crippen molar-refractivity contribution in [2.45, 2.75) is 148 Å². The van der Waals surface area contributed by atoms with Crippen molar-refractivity contribution in [3.05, 3.63) is 64.5 Å². The van der Waals surface area contributed by atoms with E-state index in [0.29, 0.717) is 30.7 Å². The van der Waals surface area contributed by atoms with Crippen LogP contribution in [-0.2, 0) is 44.2 Å². The molecule has 1 aliphatic carbocycles. The van der Waals surface area contributed by atoms with Gasteiger partial charge in [-0.1, -0.05) is 31.4 Å². The van der Waals surface area contributed by atoms with Gasteiger partial charge in [-0.25, -0.2) is 9.59 Å². The Labute approximate surface area is 321 Å². The number of rotatable bonds is 15. The third-order valence-corrected chi connectivity index (χ3v) is 10.3. The number of aryl methyl sites for hydroxylation is 2. The van der Waals surface area contributed by atoms with Gasteiger partial charge < -0.3 is 15.4 Å². The van der Waals surface area contributed by atoms with Crippen LogP contribution in [0.5, 0.6) is 0 Å². The van der Waals surface area contributed by atoms with E-state index in [-0.39, 0.29) is 60.0 Å². The van der Waals surface area contributed by atoms with Crippen molar-refractivity contribution in [2.24, 2.45) is 0 Å². The Hall–Kier alpha value is -5.21. The lowest BCUT2D eigenvalue weighted by atomic mass is 10.0. The summed E-state index contributed by atoms with van der Waals surface area (Å²) >= 11 is 0. The van der Waals surface area contributed by atoms with Crippen LogP contribution in [0.4, 0.5) is 10.6 Å². The number of carbonyl (C=O) groups excluding carboxylic acids is 4. The van der Waals surface area contributed by atoms with Crippen LogP contribution in [-0.4, -0.2) is 64.7 Å². The summed E-state index contributed by atoms with van der Waals surface area (Å²) in [4.78, 5) is 63.0. The maximum Gasteiger partial charge on any atom is 0.407 e. The zero-order chi connectivity index (χ0) is 39.3. The van der Waals surface area contributed by atoms with Gasteiger partial charge in [0.25, 0.3) is 0 Å². The van der Waals surface area contributed by atoms with Crippen LogP contribution in [0.1, 0.15) is 122 Å². The number of imide groups is 1. The molecule has 15 nitrogen and oxygen atoms in total. The maximum absolute atomic E-state index is 13.5. The molecule has 3 atom stereocenters. The fourth-order valence-corrected chi connectivity index (χ4v) is 7.77. The van der Waals surface area contributed by atoms with Crippen LogP contribution in [0, 0.1) is 0 Å². The monoisotopic (exact) mass is 757 g/mol. The smallest absolute Gasteiger partial charge is 0.407 e. The van der Waals surface area contributed by atoms with E-state index >= 15 is 0 Å². The van der Waals surface area contributed by atoms with Gasteiger partial charge in [0.1, 0.15) is 12.1 Å². The predicted molar refractivity (Wildman–Crippen MR) is 208 cm³/mol. The molecule has 1 unspecified atom stereocenters. The zero-order valence-corrected chi connectivity index (χ0v) is 32.7. The first-order chi connectivity index (χ1) is 26.3. The van der Waals surface area contributed by atoms with Gasteiger partial charge in [0.2, 0.25) is 17.7 Å². The number of imidazole rings is 1. The van der Waals surface area contributed by atoms with Gasteiger partial charge in [-0.15, -0.1) is 0 Å². The summed E-state index contributed by atoms with van der Waals surface area (Å²) in [5.41, 5.74) is 2.83. The minimum Gasteiger partial charge on any atom is -0.446 e. The number of hydrogen-bond donors (Lipinski definition) is 3. The van der Waals surface area contributed by atoms with Gasteiger partial charge in [-0.3, -0.25) is 38.2 Å². The van der Waals surface area contributed by atoms with E-state index in [2.05, 4.69) is 41.8 Å². The lowest BCUT2D eigenvalue weighted by molar-refractivity contribution is -0.135. The number of amides is 4. The SMILES string of the molecule is CC(C)NC(=O)O[C@H]1CC[C@@H](c2cc(NC(=O)Cc3cnn(CCCCCCCn4c(=O)n(C5CCC(=O)NC5=O)c5ccccc54)c3)nn2C(C)(C)C)C1. The van der Waals surface area contributed by atoms with E-state index in [4.69, 9.17) is 9.84 Å². The first-order valence-corrected chi connectivity index (χ1v) is 19.7. The molecule has 3 N–H and O–H groups in total. The largest absolute Gasteiger partial charge is 0.446 e. The van der Waals surface area contributed by atoms with E-state index in [0.717, 1.165) is 68.3 Å². The topological polar surface area (TPSA) is 176 Å². The highest BCUT2D eigenvalue weighted by Crippen LogP contribution is 2.38. The molecule has 1 saturated heterocycles. The molecule has 1 aromatic carbocycles. The highest BCUT2D eigenvalue weighted by Gasteiger charge is 2.34. The number of hydrogen-bond acceptors (Lipinski definition) is 8. The number of aromatic nitrogens is 6. The number of alkyl carbamates (subject to hydrolysis) is 1. The maximum atomic E-state index is 13.5. The van der Waals surface area contributed by atoms with Crippen LogP contribution in [0.2, 0.25) is 0 Å². The Bertz CT molecular complexity index is 2070. The molecule has 4 aromatic rings. The molecule has 4 amide bonds. The molecule has 15 heteroatoms. The molecule has 55 heavy (non-hydrogen) atoms. The summed E-state index contributed by atoms with van der Waals surface area (Å²) in [5.74, 6) is -0.224. The van der Waals surface area contributed by atoms with Gasteiger partial charge in [0, 0.05) is 49.4 Å². The lowest BCUT2D eigenvalue weighted by Gasteiger charge is -2.24. The van der Waals surface area contributed by atoms with E-state index in [9.17, 15) is 24.0 Å². The first-order valence-electron chi connectivity index (χ1n) is 19.7. The molecule has 4 heterocycles. The van der Waals surface area contributed by atoms with Gasteiger partial charge in [0.05, 0.1) is 29.2 Å². The fraction of sp³-hybridized carbons (Fsp3) is 0.575. The van der Waals surface area contributed by atoms with E-state index in [1.807, 2.05) is 59.7 Å². The van der Waals surface area contributed by atoms with Crippen molar-refractivity contribution in [2.75, 3.05) is 5.32 Å². The highest BCUT2D eigenvalue weighted by atomic mass is 16.6. The van der Waals surface area contributed by atoms with Crippen molar-refractivity contribution in [3.8, 4) is 0 Å². The summed E-state index contributed by atoms with van der Waals surface area (Å²) < 4.78 is 12.8. The predicted octanol–water partition coefficient (Wildman–Crippen LogP) is 5.53. The van der Waals surface area contributed by atoms with Crippen molar-refractivity contribution in [1.82, 2.24) is 39.3 Å². The lowest BCUT2D eigenvalue weighted by Crippen LogP contribution is -2.44. The van der Waals surface area contributed by atoms with E-state index in [1.165, 1.54) is 4.57 Å². The number of para-hydroxylation sites is 2. The standard InChI is InChI=1S/C40H55N9O6/c1-26(2)42-38(53)55-29-16-15-28(22-29)33-23-34(45-49(33)40(3,4)5)43-36(51)21-27-24-41-46(25-27)19-11-7-6-8-12-20-47-30-13-9-10-14-31(30)48(39(47)54)32-17-18-35(50)44-37(32)52/h9-10,13-14,23-26,28-29,32H,6-8,11-12,15-22H2,1-5H3,(H,42,53)(H,43,45,51)(H,44,50,52)/t28-,29+,32?/m1/s1. The van der Waals surface area contributed by atoms with Crippen molar-refractivity contribution in [3.63, 3.8) is 0 Å². The fourth-order valence-electron chi connectivity index (χ4n) is 7.77. The Morgan fingerprint density at radius 3 is 2.44 bits per heavy atom. The van der Waals surface area contributed by atoms with E-state index < -0.39 is 11.9 Å². The van der Waals surface area contributed by atoms with Crippen molar-refractivity contribution in [1.29, 1.82) is 0 Å². The number of carbonyl (C=O) groups is 4. The van der Waals surface area contributed by atoms with Gasteiger partial charge in [-0.05, 0) is 90.8 Å². The molecule has 0 bridgehead atoms. The Morgan fingerprint density at radius 2 is 1.71 bits per heavy atom. The second-order valence-corrected chi connectivity index (χ2v) is 16.2. The van der Waals surface area contributed by atoms with Crippen LogP contribution in [0.3, 0.4) is 0 Å². The van der Waals surface area contributed by atoms with E-state index in [1.54, 1.807) is 10.8 Å². The van der Waals surface area contributed by atoms with Gasteiger partial charge >= 0.3 is 11.8 Å². The highest BCUT2D eigenvalue weighted by molar-refractivity contribution is 6.00. The molecule has 0 spiro atoms. The second-order valence-electron chi connectivity index (χ2n) is 16.2. The summed E-state index contributed by atoms with van der Waals surface area (Å²) in [6.45, 7) is 11.3. The second kappa shape index (κ2) is 17.1. The van der Waals surface area contributed by atoms with Crippen molar-refractivity contribution < 1.29 is 23.9 Å².